The summed E-state index contributed by atoms with van der Waals surface area (Å²) in [4.78, 5) is 42.1. The van der Waals surface area contributed by atoms with Crippen molar-refractivity contribution in [2.24, 2.45) is 0 Å². The highest BCUT2D eigenvalue weighted by Crippen LogP contribution is 2.26. The number of amides is 3. The number of hydrogen-bond acceptors (Lipinski definition) is 6. The zero-order valence-electron chi connectivity index (χ0n) is 23.4. The second-order valence-corrected chi connectivity index (χ2v) is 10.2. The van der Waals surface area contributed by atoms with Crippen LogP contribution in [0.5, 0.6) is 11.5 Å². The molecule has 0 fully saturated rings. The molecule has 0 heterocycles. The predicted molar refractivity (Wildman–Crippen MR) is 152 cm³/mol. The SMILES string of the molecule is CNC(=O)[C@H](Cc1ccc(Oc2ccccc2CCC(=O)NOCc2ccccc2)cc1)NC(=O)OC(C)(C)C. The molecule has 0 saturated carbocycles. The van der Waals surface area contributed by atoms with E-state index in [2.05, 4.69) is 16.1 Å². The minimum Gasteiger partial charge on any atom is -0.457 e. The smallest absolute Gasteiger partial charge is 0.408 e. The summed E-state index contributed by atoms with van der Waals surface area (Å²) in [5.41, 5.74) is 4.49. The Kier molecular flexibility index (Phi) is 11.1. The highest BCUT2D eigenvalue weighted by atomic mass is 16.6. The third kappa shape index (κ3) is 10.4. The van der Waals surface area contributed by atoms with E-state index in [1.807, 2.05) is 66.7 Å². The summed E-state index contributed by atoms with van der Waals surface area (Å²) in [5.74, 6) is 0.696. The molecule has 3 aromatic rings. The zero-order chi connectivity index (χ0) is 29.0. The van der Waals surface area contributed by atoms with Gasteiger partial charge in [-0.2, -0.15) is 0 Å². The molecule has 3 rings (SSSR count). The molecule has 0 aliphatic rings. The number of alkyl carbamates (subject to hydrolysis) is 1. The topological polar surface area (TPSA) is 115 Å². The average molecular weight is 548 g/mol. The molecule has 0 aromatic heterocycles. The van der Waals surface area contributed by atoms with Gasteiger partial charge < -0.3 is 20.1 Å². The van der Waals surface area contributed by atoms with Gasteiger partial charge in [-0.25, -0.2) is 10.3 Å². The number of aryl methyl sites for hydroxylation is 1. The summed E-state index contributed by atoms with van der Waals surface area (Å²) in [6.07, 6.45) is 0.324. The number of likely N-dealkylation sites (N-methyl/N-ethyl adjacent to an activating group) is 1. The Morgan fingerprint density at radius 1 is 0.850 bits per heavy atom. The Labute approximate surface area is 235 Å². The molecule has 0 unspecified atom stereocenters. The van der Waals surface area contributed by atoms with Gasteiger partial charge in [0.15, 0.2) is 0 Å². The van der Waals surface area contributed by atoms with E-state index >= 15 is 0 Å². The third-order valence-corrected chi connectivity index (χ3v) is 5.71. The van der Waals surface area contributed by atoms with E-state index in [1.165, 1.54) is 7.05 Å². The molecule has 0 radical (unpaired) electrons. The van der Waals surface area contributed by atoms with Crippen LogP contribution in [0.15, 0.2) is 78.9 Å². The van der Waals surface area contributed by atoms with Crippen LogP contribution in [0.25, 0.3) is 0 Å². The van der Waals surface area contributed by atoms with Crippen LogP contribution >= 0.6 is 0 Å². The van der Waals surface area contributed by atoms with Crippen molar-refractivity contribution >= 4 is 17.9 Å². The molecule has 0 aliphatic carbocycles. The van der Waals surface area contributed by atoms with Crippen LogP contribution in [0.2, 0.25) is 0 Å². The number of benzene rings is 3. The van der Waals surface area contributed by atoms with Crippen LogP contribution in [0.3, 0.4) is 0 Å². The number of ether oxygens (including phenoxy) is 2. The molecule has 9 nitrogen and oxygen atoms in total. The molecule has 0 saturated heterocycles. The van der Waals surface area contributed by atoms with Gasteiger partial charge in [0.25, 0.3) is 0 Å². The quantitative estimate of drug-likeness (QED) is 0.280. The molecule has 212 valence electrons. The highest BCUT2D eigenvalue weighted by molar-refractivity contribution is 5.85. The number of nitrogens with one attached hydrogen (secondary N) is 3. The van der Waals surface area contributed by atoms with Crippen LogP contribution in [0.1, 0.15) is 43.9 Å². The Morgan fingerprint density at radius 2 is 1.52 bits per heavy atom. The second kappa shape index (κ2) is 14.7. The number of para-hydroxylation sites is 1. The Bertz CT molecular complexity index is 1260. The van der Waals surface area contributed by atoms with Gasteiger partial charge in [-0.1, -0.05) is 60.7 Å². The maximum atomic E-state index is 12.4. The number of hydrogen-bond donors (Lipinski definition) is 3. The first-order valence-corrected chi connectivity index (χ1v) is 13.1. The van der Waals surface area contributed by atoms with Gasteiger partial charge in [0.05, 0.1) is 6.61 Å². The summed E-state index contributed by atoms with van der Waals surface area (Å²) >= 11 is 0. The molecule has 0 spiro atoms. The molecule has 3 aromatic carbocycles. The van der Waals surface area contributed by atoms with Gasteiger partial charge in [-0.3, -0.25) is 14.4 Å². The van der Waals surface area contributed by atoms with E-state index in [9.17, 15) is 14.4 Å². The van der Waals surface area contributed by atoms with Crippen molar-refractivity contribution < 1.29 is 28.7 Å². The predicted octanol–water partition coefficient (Wildman–Crippen LogP) is 4.84. The fourth-order valence-electron chi connectivity index (χ4n) is 3.77. The number of carbonyl (C=O) groups excluding carboxylic acids is 3. The van der Waals surface area contributed by atoms with Gasteiger partial charge in [0.2, 0.25) is 11.8 Å². The second-order valence-electron chi connectivity index (χ2n) is 10.2. The van der Waals surface area contributed by atoms with Crippen molar-refractivity contribution in [2.75, 3.05) is 7.05 Å². The van der Waals surface area contributed by atoms with Gasteiger partial charge >= 0.3 is 6.09 Å². The molecule has 0 aliphatic heterocycles. The minimum atomic E-state index is -0.796. The average Bonchev–Trinajstić information content (AvgIpc) is 2.92. The van der Waals surface area contributed by atoms with Gasteiger partial charge in [-0.15, -0.1) is 0 Å². The van der Waals surface area contributed by atoms with Crippen molar-refractivity contribution in [3.63, 3.8) is 0 Å². The fourth-order valence-corrected chi connectivity index (χ4v) is 3.77. The normalized spacial score (nSPS) is 11.7. The van der Waals surface area contributed by atoms with Crippen LogP contribution in [-0.2, 0) is 38.6 Å². The monoisotopic (exact) mass is 547 g/mol. The Morgan fingerprint density at radius 3 is 2.20 bits per heavy atom. The summed E-state index contributed by atoms with van der Waals surface area (Å²) < 4.78 is 11.4. The molecular weight excluding hydrogens is 510 g/mol. The lowest BCUT2D eigenvalue weighted by atomic mass is 10.1. The van der Waals surface area contributed by atoms with E-state index in [0.29, 0.717) is 24.5 Å². The molecule has 40 heavy (non-hydrogen) atoms. The molecule has 3 amide bonds. The highest BCUT2D eigenvalue weighted by Gasteiger charge is 2.24. The van der Waals surface area contributed by atoms with E-state index in [-0.39, 0.29) is 24.7 Å². The Hall–Kier alpha value is -4.37. The van der Waals surface area contributed by atoms with Gasteiger partial charge in [0, 0.05) is 19.9 Å². The molecule has 9 heteroatoms. The van der Waals surface area contributed by atoms with E-state index in [4.69, 9.17) is 14.3 Å². The van der Waals surface area contributed by atoms with E-state index < -0.39 is 17.7 Å². The maximum absolute atomic E-state index is 12.4. The molecule has 0 bridgehead atoms. The number of hydroxylamine groups is 1. The lowest BCUT2D eigenvalue weighted by Crippen LogP contribution is -2.48. The van der Waals surface area contributed by atoms with Gasteiger partial charge in [0.1, 0.15) is 23.1 Å². The minimum absolute atomic E-state index is 0.222. The largest absolute Gasteiger partial charge is 0.457 e. The van der Waals surface area contributed by atoms with Crippen molar-refractivity contribution in [3.05, 3.63) is 95.6 Å². The summed E-state index contributed by atoms with van der Waals surface area (Å²) in [6.45, 7) is 5.57. The molecular formula is C31H37N3O6. The lowest BCUT2D eigenvalue weighted by molar-refractivity contribution is -0.134. The van der Waals surface area contributed by atoms with Crippen LogP contribution in [-0.4, -0.2) is 36.6 Å². The van der Waals surface area contributed by atoms with Crippen molar-refractivity contribution in [2.45, 2.75) is 58.3 Å². The summed E-state index contributed by atoms with van der Waals surface area (Å²) in [5, 5.41) is 5.20. The van der Waals surface area contributed by atoms with Crippen LogP contribution < -0.4 is 20.9 Å². The van der Waals surface area contributed by atoms with E-state index in [0.717, 1.165) is 16.7 Å². The van der Waals surface area contributed by atoms with Crippen LogP contribution in [0.4, 0.5) is 4.79 Å². The fraction of sp³-hybridized carbons (Fsp3) is 0.323. The van der Waals surface area contributed by atoms with Crippen LogP contribution in [0, 0.1) is 0 Å². The maximum Gasteiger partial charge on any atom is 0.408 e. The Balaban J connectivity index is 1.54. The zero-order valence-corrected chi connectivity index (χ0v) is 23.4. The first-order chi connectivity index (χ1) is 19.1. The third-order valence-electron chi connectivity index (χ3n) is 5.71. The standard InChI is InChI=1S/C31H37N3O6/c1-31(2,3)40-30(37)33-26(29(36)32-4)20-22-14-17-25(18-15-22)39-27-13-9-8-12-24(27)16-19-28(35)34-38-21-23-10-6-5-7-11-23/h5-15,17-18,26H,16,19-21H2,1-4H3,(H,32,36)(H,33,37)(H,34,35)/t26-/m0/s1. The first-order valence-electron chi connectivity index (χ1n) is 13.1. The molecule has 3 N–H and O–H groups in total. The summed E-state index contributed by atoms with van der Waals surface area (Å²) in [7, 11) is 1.52. The first kappa shape index (κ1) is 30.2. The van der Waals surface area contributed by atoms with Crippen molar-refractivity contribution in [1.82, 2.24) is 16.1 Å². The van der Waals surface area contributed by atoms with E-state index in [1.54, 1.807) is 32.9 Å². The molecule has 1 atom stereocenters. The van der Waals surface area contributed by atoms with Crippen molar-refractivity contribution in [1.29, 1.82) is 0 Å². The van der Waals surface area contributed by atoms with Crippen molar-refractivity contribution in [3.8, 4) is 11.5 Å². The van der Waals surface area contributed by atoms with Gasteiger partial charge in [-0.05, 0) is 62.1 Å². The number of rotatable bonds is 12. The lowest BCUT2D eigenvalue weighted by Gasteiger charge is -2.23. The number of carbonyl (C=O) groups is 3. The summed E-state index contributed by atoms with van der Waals surface area (Å²) in [6, 6.07) is 23.6.